The number of rotatable bonds is 10. The van der Waals surface area contributed by atoms with Crippen molar-refractivity contribution >= 4 is 31.6 Å². The van der Waals surface area contributed by atoms with Crippen molar-refractivity contribution < 1.29 is 57.0 Å². The molecule has 14 nitrogen and oxygen atoms in total. The zero-order valence-electron chi connectivity index (χ0n) is 21.1. The fourth-order valence-electron chi connectivity index (χ4n) is 3.19. The molecule has 1 rings (SSSR count). The number of hydrogen-bond acceptors (Lipinski definition) is 11. The van der Waals surface area contributed by atoms with Crippen molar-refractivity contribution in [3.63, 3.8) is 0 Å². The molecule has 0 aromatic rings. The lowest BCUT2D eigenvalue weighted by atomic mass is 9.96. The predicted octanol–water partition coefficient (Wildman–Crippen LogP) is 0.0999. The zero-order valence-corrected chi connectivity index (χ0v) is 22.0. The molecular formula is C20H37N2O12P. The maximum Gasteiger partial charge on any atom is 0.472 e. The number of nitrogens with one attached hydrogen (secondary N) is 1. The first-order chi connectivity index (χ1) is 16.1. The maximum absolute atomic E-state index is 11.5. The van der Waals surface area contributed by atoms with Crippen LogP contribution in [0.2, 0.25) is 0 Å². The van der Waals surface area contributed by atoms with Gasteiger partial charge in [0.15, 0.2) is 18.5 Å². The molecule has 35 heavy (non-hydrogen) atoms. The highest BCUT2D eigenvalue weighted by Crippen LogP contribution is 2.41. The number of esters is 3. The van der Waals surface area contributed by atoms with Crippen molar-refractivity contribution in [1.82, 2.24) is 10.2 Å². The maximum atomic E-state index is 11.5. The van der Waals surface area contributed by atoms with Crippen LogP contribution in [-0.4, -0.2) is 95.4 Å². The second-order valence-electron chi connectivity index (χ2n) is 7.44. The summed E-state index contributed by atoms with van der Waals surface area (Å²) in [5.41, 5.74) is 0. The Morgan fingerprint density at radius 2 is 1.37 bits per heavy atom. The lowest BCUT2D eigenvalue weighted by Gasteiger charge is -2.44. The molecule has 0 unspecified atom stereocenters. The van der Waals surface area contributed by atoms with E-state index in [1.807, 2.05) is 0 Å². The van der Waals surface area contributed by atoms with Crippen LogP contribution in [0, 0.1) is 0 Å². The summed E-state index contributed by atoms with van der Waals surface area (Å²) in [7, 11) is -5.12. The number of nitrogens with zero attached hydrogens (tertiary/aromatic N) is 1. The van der Waals surface area contributed by atoms with Gasteiger partial charge in [-0.25, -0.2) is 4.57 Å². The Labute approximate surface area is 204 Å². The highest BCUT2D eigenvalue weighted by molar-refractivity contribution is 7.46. The monoisotopic (exact) mass is 528 g/mol. The molecular weight excluding hydrogens is 491 g/mol. The normalized spacial score (nSPS) is 24.0. The van der Waals surface area contributed by atoms with E-state index in [4.69, 9.17) is 28.7 Å². The van der Waals surface area contributed by atoms with Gasteiger partial charge in [-0.05, 0) is 19.6 Å². The highest BCUT2D eigenvalue weighted by Gasteiger charge is 2.52. The molecule has 0 saturated carbocycles. The zero-order chi connectivity index (χ0) is 27.3. The van der Waals surface area contributed by atoms with Gasteiger partial charge in [0.05, 0.1) is 0 Å². The summed E-state index contributed by atoms with van der Waals surface area (Å²) in [6.45, 7) is 13.9. The van der Waals surface area contributed by atoms with Crippen LogP contribution in [0.1, 0.15) is 48.5 Å². The summed E-state index contributed by atoms with van der Waals surface area (Å²) < 4.78 is 36.3. The van der Waals surface area contributed by atoms with Crippen molar-refractivity contribution in [1.29, 1.82) is 0 Å². The molecule has 1 heterocycles. The first-order valence-electron chi connectivity index (χ1n) is 11.0. The van der Waals surface area contributed by atoms with Crippen LogP contribution in [0.4, 0.5) is 0 Å². The lowest BCUT2D eigenvalue weighted by molar-refractivity contribution is -0.259. The number of carbonyl (C=O) groups excluding carboxylic acids is 4. The van der Waals surface area contributed by atoms with Crippen molar-refractivity contribution in [2.75, 3.05) is 26.2 Å². The first-order valence-corrected chi connectivity index (χ1v) is 12.5. The number of carbonyl (C=O) groups is 4. The van der Waals surface area contributed by atoms with Crippen LogP contribution in [0.5, 0.6) is 0 Å². The minimum absolute atomic E-state index is 0.515. The molecule has 204 valence electrons. The Balaban J connectivity index is 0.00000143. The molecule has 5 atom stereocenters. The summed E-state index contributed by atoms with van der Waals surface area (Å²) >= 11 is 0. The minimum atomic E-state index is -5.12. The molecule has 1 saturated heterocycles. The Morgan fingerprint density at radius 1 is 0.886 bits per heavy atom. The van der Waals surface area contributed by atoms with Gasteiger partial charge in [0.25, 0.3) is 0 Å². The van der Waals surface area contributed by atoms with Crippen LogP contribution in [0.3, 0.4) is 0 Å². The van der Waals surface area contributed by atoms with Gasteiger partial charge in [0, 0.05) is 27.7 Å². The molecule has 0 radical (unpaired) electrons. The Hall–Kier alpha value is -2.09. The van der Waals surface area contributed by atoms with Gasteiger partial charge in [-0.1, -0.05) is 20.8 Å². The number of ether oxygens (including phenoxy) is 4. The van der Waals surface area contributed by atoms with Crippen LogP contribution in [0.25, 0.3) is 0 Å². The molecule has 0 aliphatic carbocycles. The van der Waals surface area contributed by atoms with E-state index in [1.54, 1.807) is 0 Å². The average Bonchev–Trinajstić information content (AvgIpc) is 2.71. The summed E-state index contributed by atoms with van der Waals surface area (Å²) in [6.07, 6.45) is -5.98. The van der Waals surface area contributed by atoms with Crippen molar-refractivity contribution in [3.05, 3.63) is 0 Å². The van der Waals surface area contributed by atoms with E-state index >= 15 is 0 Å². The van der Waals surface area contributed by atoms with Gasteiger partial charge in [-0.2, -0.15) is 0 Å². The standard InChI is InChI=1S/C14H22NO12P.C6H15N/c1-6(16)15-11-13(25-9(4)19)12(24-8(3)18)10(5-23-7(2)17)26-14(11)27-28(20,21)22;1-4-7(5-2)6-3/h10-14H,5H2,1-4H3,(H,15,16)(H2,20,21,22);4-6H2,1-3H3/t10-,11-,12-,13-,14-;/m1./s1. The minimum Gasteiger partial charge on any atom is -0.463 e. The van der Waals surface area contributed by atoms with Crippen LogP contribution < -0.4 is 5.32 Å². The van der Waals surface area contributed by atoms with E-state index in [9.17, 15) is 23.7 Å². The number of hydrogen-bond donors (Lipinski definition) is 3. The van der Waals surface area contributed by atoms with Gasteiger partial charge in [-0.15, -0.1) is 0 Å². The van der Waals surface area contributed by atoms with Gasteiger partial charge in [-0.3, -0.25) is 23.7 Å². The topological polar surface area (TPSA) is 187 Å². The fourth-order valence-corrected chi connectivity index (χ4v) is 3.64. The predicted molar refractivity (Wildman–Crippen MR) is 121 cm³/mol. The van der Waals surface area contributed by atoms with Crippen LogP contribution in [-0.2, 0) is 47.2 Å². The van der Waals surface area contributed by atoms with Crippen molar-refractivity contribution in [2.24, 2.45) is 0 Å². The molecule has 1 amide bonds. The molecule has 1 fully saturated rings. The number of phosphoric acid groups is 1. The third-order valence-electron chi connectivity index (χ3n) is 4.65. The van der Waals surface area contributed by atoms with E-state index in [2.05, 4.69) is 35.5 Å². The lowest BCUT2D eigenvalue weighted by Crippen LogP contribution is -2.66. The molecule has 1 aliphatic heterocycles. The number of phosphoric ester groups is 1. The van der Waals surface area contributed by atoms with Crippen molar-refractivity contribution in [2.45, 2.75) is 79.1 Å². The van der Waals surface area contributed by atoms with Crippen LogP contribution in [0.15, 0.2) is 0 Å². The molecule has 15 heteroatoms. The summed E-state index contributed by atoms with van der Waals surface area (Å²) in [5, 5.41) is 2.29. The second kappa shape index (κ2) is 15.8. The van der Waals surface area contributed by atoms with Crippen LogP contribution >= 0.6 is 7.82 Å². The molecule has 3 N–H and O–H groups in total. The summed E-state index contributed by atoms with van der Waals surface area (Å²) in [5.74, 6) is -3.05. The van der Waals surface area contributed by atoms with E-state index in [0.29, 0.717) is 0 Å². The largest absolute Gasteiger partial charge is 0.472 e. The van der Waals surface area contributed by atoms with E-state index in [-0.39, 0.29) is 0 Å². The second-order valence-corrected chi connectivity index (χ2v) is 8.63. The summed E-state index contributed by atoms with van der Waals surface area (Å²) in [4.78, 5) is 66.3. The van der Waals surface area contributed by atoms with E-state index < -0.39 is 68.9 Å². The quantitative estimate of drug-likeness (QED) is 0.197. The van der Waals surface area contributed by atoms with Gasteiger partial charge in [0.1, 0.15) is 18.8 Å². The Morgan fingerprint density at radius 3 is 1.71 bits per heavy atom. The fraction of sp³-hybridized carbons (Fsp3) is 0.800. The third-order valence-corrected chi connectivity index (χ3v) is 5.14. The molecule has 1 aliphatic rings. The highest BCUT2D eigenvalue weighted by atomic mass is 31.2. The Bertz CT molecular complexity index is 749. The SMILES string of the molecule is CC(=O)N[C@H]1[C@@H](OP(=O)(O)O)O[C@H](COC(C)=O)[C@@H](OC(C)=O)[C@@H]1OC(C)=O.CCN(CC)CC. The molecule has 0 aromatic heterocycles. The van der Waals surface area contributed by atoms with E-state index in [0.717, 1.165) is 27.7 Å². The number of amides is 1. The smallest absolute Gasteiger partial charge is 0.463 e. The van der Waals surface area contributed by atoms with E-state index in [1.165, 1.54) is 19.6 Å². The van der Waals surface area contributed by atoms with Gasteiger partial charge < -0.3 is 39.0 Å². The third kappa shape index (κ3) is 13.5. The first kappa shape index (κ1) is 32.9. The molecule has 0 bridgehead atoms. The van der Waals surface area contributed by atoms with Crippen molar-refractivity contribution in [3.8, 4) is 0 Å². The summed E-state index contributed by atoms with van der Waals surface area (Å²) in [6, 6.07) is -1.45. The average molecular weight is 528 g/mol. The van der Waals surface area contributed by atoms with Gasteiger partial charge in [0.2, 0.25) is 5.91 Å². The molecule has 0 aromatic carbocycles. The Kier molecular flexibility index (Phi) is 14.9. The van der Waals surface area contributed by atoms with Gasteiger partial charge >= 0.3 is 25.7 Å². The molecule has 0 spiro atoms.